The van der Waals surface area contributed by atoms with Crippen LogP contribution < -0.4 is 4.74 Å². The Labute approximate surface area is 216 Å². The van der Waals surface area contributed by atoms with Gasteiger partial charge in [0.15, 0.2) is 5.84 Å². The number of aliphatic imine (C=N–C) groups is 2. The molecule has 188 valence electrons. The van der Waals surface area contributed by atoms with Crippen molar-refractivity contribution in [2.75, 3.05) is 19.6 Å². The zero-order valence-corrected chi connectivity index (χ0v) is 22.4. The van der Waals surface area contributed by atoms with E-state index in [-0.39, 0.29) is 0 Å². The number of allylic oxidation sites excluding steroid dienone is 5. The standard InChI is InChI=1S/C31H38N4O/c1-6-21(3)23(5)36-30-17-26(12-11-22(30)4)27-18-29(25-9-8-10-25)35-20-28(32-19-31(35)33-27)24-13-15-34(7-2)16-14-24/h11-13,17-20H,6-10,14-16H2,1-5H3/b23-21+. The van der Waals surface area contributed by atoms with E-state index in [1.165, 1.54) is 28.8 Å². The molecule has 3 heterocycles. The maximum absolute atomic E-state index is 6.28. The van der Waals surface area contributed by atoms with E-state index < -0.39 is 0 Å². The van der Waals surface area contributed by atoms with Crippen LogP contribution in [-0.4, -0.2) is 41.5 Å². The summed E-state index contributed by atoms with van der Waals surface area (Å²) in [5, 5.41) is 0. The van der Waals surface area contributed by atoms with Crippen molar-refractivity contribution in [2.45, 2.75) is 66.7 Å². The summed E-state index contributed by atoms with van der Waals surface area (Å²) < 4.78 is 6.28. The molecule has 5 rings (SSSR count). The zero-order chi connectivity index (χ0) is 25.2. The molecule has 0 spiro atoms. The number of amidine groups is 1. The third-order valence-corrected chi connectivity index (χ3v) is 7.85. The third-order valence-electron chi connectivity index (χ3n) is 7.85. The Morgan fingerprint density at radius 2 is 1.92 bits per heavy atom. The maximum atomic E-state index is 6.28. The molecule has 0 bridgehead atoms. The Morgan fingerprint density at radius 3 is 2.58 bits per heavy atom. The smallest absolute Gasteiger partial charge is 0.156 e. The Morgan fingerprint density at radius 1 is 1.08 bits per heavy atom. The molecule has 36 heavy (non-hydrogen) atoms. The van der Waals surface area contributed by atoms with E-state index in [9.17, 15) is 0 Å². The molecule has 0 amide bonds. The van der Waals surface area contributed by atoms with Crippen LogP contribution in [0.25, 0.3) is 5.70 Å². The molecule has 0 saturated heterocycles. The second-order valence-electron chi connectivity index (χ2n) is 10.1. The summed E-state index contributed by atoms with van der Waals surface area (Å²) >= 11 is 0. The Hall–Kier alpha value is -3.18. The lowest BCUT2D eigenvalue weighted by Crippen LogP contribution is -2.33. The third kappa shape index (κ3) is 4.90. The molecule has 0 radical (unpaired) electrons. The van der Waals surface area contributed by atoms with Gasteiger partial charge in [-0.1, -0.05) is 32.1 Å². The molecule has 1 aromatic carbocycles. The molecule has 1 fully saturated rings. The highest BCUT2D eigenvalue weighted by Crippen LogP contribution is 2.38. The van der Waals surface area contributed by atoms with Gasteiger partial charge in [0.1, 0.15) is 5.75 Å². The molecule has 0 atom stereocenters. The van der Waals surface area contributed by atoms with Gasteiger partial charge in [-0.25, -0.2) is 4.99 Å². The predicted molar refractivity (Wildman–Crippen MR) is 150 cm³/mol. The average molecular weight is 483 g/mol. The Balaban J connectivity index is 1.47. The molecule has 5 nitrogen and oxygen atoms in total. The van der Waals surface area contributed by atoms with Crippen molar-refractivity contribution in [2.24, 2.45) is 9.98 Å². The Kier molecular flexibility index (Phi) is 7.10. The van der Waals surface area contributed by atoms with E-state index in [1.807, 2.05) is 13.1 Å². The monoisotopic (exact) mass is 482 g/mol. The Bertz CT molecular complexity index is 1270. The molecule has 3 aliphatic heterocycles. The zero-order valence-electron chi connectivity index (χ0n) is 22.4. The molecule has 1 aliphatic carbocycles. The van der Waals surface area contributed by atoms with Gasteiger partial charge in [0.2, 0.25) is 0 Å². The van der Waals surface area contributed by atoms with Gasteiger partial charge in [-0.3, -0.25) is 14.8 Å². The number of hydrogen-bond acceptors (Lipinski definition) is 5. The molecule has 5 heteroatoms. The SMILES string of the molecule is CC/C(C)=C(\C)Oc1cc(C2=CC(=C3CCC3)N3C=C(C4=CCN(CC)CC4)N=CC3=N2)ccc1C. The summed E-state index contributed by atoms with van der Waals surface area (Å²) in [7, 11) is 0. The fraction of sp³-hybridized carbons (Fsp3) is 0.419. The van der Waals surface area contributed by atoms with Crippen molar-refractivity contribution in [3.05, 3.63) is 81.6 Å². The van der Waals surface area contributed by atoms with Crippen LogP contribution in [0.5, 0.6) is 5.75 Å². The van der Waals surface area contributed by atoms with Gasteiger partial charge >= 0.3 is 0 Å². The number of ether oxygens (including phenoxy) is 1. The number of fused-ring (bicyclic) bond motifs is 1. The van der Waals surface area contributed by atoms with Crippen molar-refractivity contribution >= 4 is 17.7 Å². The largest absolute Gasteiger partial charge is 0.462 e. The van der Waals surface area contributed by atoms with Crippen LogP contribution in [0.4, 0.5) is 0 Å². The highest BCUT2D eigenvalue weighted by atomic mass is 16.5. The van der Waals surface area contributed by atoms with E-state index in [4.69, 9.17) is 14.7 Å². The molecule has 0 aromatic heterocycles. The lowest BCUT2D eigenvalue weighted by molar-refractivity contribution is 0.311. The second kappa shape index (κ2) is 10.4. The number of benzene rings is 1. The molecular formula is C31H38N4O. The van der Waals surface area contributed by atoms with E-state index >= 15 is 0 Å². The normalized spacial score (nSPS) is 20.6. The van der Waals surface area contributed by atoms with Crippen LogP contribution in [0.15, 0.2) is 80.4 Å². The van der Waals surface area contributed by atoms with Gasteiger partial charge in [-0.05, 0) is 93.8 Å². The molecule has 0 unspecified atom stereocenters. The minimum atomic E-state index is 0.887. The molecule has 1 aromatic rings. The first-order chi connectivity index (χ1) is 17.5. The highest BCUT2D eigenvalue weighted by molar-refractivity contribution is 6.32. The van der Waals surface area contributed by atoms with Crippen LogP contribution in [-0.2, 0) is 0 Å². The second-order valence-corrected chi connectivity index (χ2v) is 10.1. The van der Waals surface area contributed by atoms with Crippen LogP contribution in [0, 0.1) is 6.92 Å². The fourth-order valence-corrected chi connectivity index (χ4v) is 4.84. The number of likely N-dealkylation sites (N-methyl/N-ethyl adjacent to an activating group) is 1. The van der Waals surface area contributed by atoms with Crippen molar-refractivity contribution in [1.82, 2.24) is 9.80 Å². The minimum Gasteiger partial charge on any atom is -0.462 e. The van der Waals surface area contributed by atoms with Crippen molar-refractivity contribution in [3.8, 4) is 5.75 Å². The van der Waals surface area contributed by atoms with Crippen LogP contribution in [0.3, 0.4) is 0 Å². The maximum Gasteiger partial charge on any atom is 0.156 e. The van der Waals surface area contributed by atoms with Crippen molar-refractivity contribution < 1.29 is 4.74 Å². The van der Waals surface area contributed by atoms with E-state index in [0.29, 0.717) is 0 Å². The van der Waals surface area contributed by atoms with E-state index in [1.54, 1.807) is 0 Å². The van der Waals surface area contributed by atoms with Crippen molar-refractivity contribution in [1.29, 1.82) is 0 Å². The number of aryl methyl sites for hydroxylation is 1. The summed E-state index contributed by atoms with van der Waals surface area (Å²) in [6.07, 6.45) is 14.3. The van der Waals surface area contributed by atoms with Crippen LogP contribution in [0.1, 0.15) is 70.9 Å². The summed E-state index contributed by atoms with van der Waals surface area (Å²) in [6.45, 7) is 13.8. The lowest BCUT2D eigenvalue weighted by Gasteiger charge is -2.34. The van der Waals surface area contributed by atoms with Gasteiger partial charge in [-0.2, -0.15) is 0 Å². The number of nitrogens with zero attached hydrogens (tertiary/aromatic N) is 4. The van der Waals surface area contributed by atoms with Crippen LogP contribution in [0.2, 0.25) is 0 Å². The van der Waals surface area contributed by atoms with Gasteiger partial charge < -0.3 is 4.74 Å². The first-order valence-corrected chi connectivity index (χ1v) is 13.4. The molecule has 0 N–H and O–H groups in total. The van der Waals surface area contributed by atoms with Gasteiger partial charge in [0.05, 0.1) is 23.4 Å². The summed E-state index contributed by atoms with van der Waals surface area (Å²) in [6, 6.07) is 6.41. The van der Waals surface area contributed by atoms with Gasteiger partial charge in [0, 0.05) is 30.5 Å². The highest BCUT2D eigenvalue weighted by Gasteiger charge is 2.28. The fourth-order valence-electron chi connectivity index (χ4n) is 4.84. The quantitative estimate of drug-likeness (QED) is 0.404. The van der Waals surface area contributed by atoms with E-state index in [0.717, 1.165) is 85.2 Å². The van der Waals surface area contributed by atoms with Crippen molar-refractivity contribution in [3.63, 3.8) is 0 Å². The number of hydrogen-bond donors (Lipinski definition) is 0. The predicted octanol–water partition coefficient (Wildman–Crippen LogP) is 7.15. The first kappa shape index (κ1) is 24.5. The average Bonchev–Trinajstić information content (AvgIpc) is 2.88. The molecule has 4 aliphatic rings. The van der Waals surface area contributed by atoms with Crippen LogP contribution >= 0.6 is 0 Å². The summed E-state index contributed by atoms with van der Waals surface area (Å²) in [4.78, 5) is 14.6. The summed E-state index contributed by atoms with van der Waals surface area (Å²) in [5.41, 5.74) is 9.60. The topological polar surface area (TPSA) is 40.4 Å². The number of rotatable bonds is 6. The van der Waals surface area contributed by atoms with Gasteiger partial charge in [0.25, 0.3) is 0 Å². The summed E-state index contributed by atoms with van der Waals surface area (Å²) in [5.74, 6) is 2.75. The first-order valence-electron chi connectivity index (χ1n) is 13.4. The molecular weight excluding hydrogens is 444 g/mol. The van der Waals surface area contributed by atoms with E-state index in [2.05, 4.69) is 74.0 Å². The molecule has 1 saturated carbocycles. The van der Waals surface area contributed by atoms with Gasteiger partial charge in [-0.15, -0.1) is 0 Å². The minimum absolute atomic E-state index is 0.887. The lowest BCUT2D eigenvalue weighted by atomic mass is 9.89.